The summed E-state index contributed by atoms with van der Waals surface area (Å²) in [5, 5.41) is 2.42. The summed E-state index contributed by atoms with van der Waals surface area (Å²) in [6, 6.07) is 85.2. The van der Waals surface area contributed by atoms with Gasteiger partial charge in [0, 0.05) is 0 Å². The van der Waals surface area contributed by atoms with E-state index in [0.717, 1.165) is 28.6 Å². The molecule has 0 aromatic heterocycles. The Morgan fingerprint density at radius 1 is 0.291 bits per heavy atom. The molecule has 0 bridgehead atoms. The molecule has 0 saturated carbocycles. The molecule has 0 amide bonds. The average Bonchev–Trinajstić information content (AvgIpc) is 3.27. The van der Waals surface area contributed by atoms with E-state index in [4.69, 9.17) is 4.74 Å². The Hall–Kier alpha value is -6.62. The van der Waals surface area contributed by atoms with Crippen LogP contribution in [0.3, 0.4) is 0 Å². The van der Waals surface area contributed by atoms with Crippen molar-refractivity contribution >= 4 is 58.7 Å². The standard InChI is InChI=1S/C52H39GeNO/c1-5-17-44(18-6-1)53(45-19-7-2-8-20-45,46-21-9-3-10-22-46)47-30-25-41(26-31-47)42-27-32-48(33-28-42)54(50-34-29-40-15-13-14-16-43(40)39-50)49-35-37-52(38-36-49)55-51-23-11-4-12-24-51/h1-39H. The summed E-state index contributed by atoms with van der Waals surface area (Å²) in [6.07, 6.45) is 0. The summed E-state index contributed by atoms with van der Waals surface area (Å²) in [6.45, 7) is 0. The molecule has 9 aromatic rings. The smallest absolute Gasteiger partial charge is 0.0586 e. The molecule has 0 N–H and O–H groups in total. The van der Waals surface area contributed by atoms with Crippen molar-refractivity contribution in [1.82, 2.24) is 0 Å². The van der Waals surface area contributed by atoms with E-state index in [2.05, 4.69) is 199 Å². The van der Waals surface area contributed by atoms with Crippen molar-refractivity contribution in [2.24, 2.45) is 0 Å². The van der Waals surface area contributed by atoms with Gasteiger partial charge in [0.2, 0.25) is 0 Å². The third-order valence-corrected chi connectivity index (χ3v) is 20.5. The van der Waals surface area contributed by atoms with Crippen LogP contribution in [-0.4, -0.2) is 13.3 Å². The van der Waals surface area contributed by atoms with E-state index in [9.17, 15) is 0 Å². The molecule has 2 nitrogen and oxygen atoms in total. The first kappa shape index (κ1) is 34.2. The van der Waals surface area contributed by atoms with Crippen LogP contribution in [-0.2, 0) is 0 Å². The van der Waals surface area contributed by atoms with Crippen LogP contribution in [0, 0.1) is 0 Å². The van der Waals surface area contributed by atoms with E-state index in [0.29, 0.717) is 0 Å². The molecule has 262 valence electrons. The number of nitrogens with zero attached hydrogens (tertiary/aromatic N) is 1. The van der Waals surface area contributed by atoms with E-state index in [1.165, 1.54) is 39.5 Å². The Labute approximate surface area is 325 Å². The summed E-state index contributed by atoms with van der Waals surface area (Å²) >= 11 is -3.32. The predicted octanol–water partition coefficient (Wildman–Crippen LogP) is 11.1. The van der Waals surface area contributed by atoms with Crippen molar-refractivity contribution in [3.63, 3.8) is 0 Å². The minimum atomic E-state index is -3.32. The maximum absolute atomic E-state index is 6.14. The number of anilines is 3. The minimum Gasteiger partial charge on any atom is -0.0586 e. The van der Waals surface area contributed by atoms with Gasteiger partial charge in [0.05, 0.1) is 0 Å². The van der Waals surface area contributed by atoms with Crippen molar-refractivity contribution in [3.05, 3.63) is 237 Å². The molecule has 9 aromatic carbocycles. The van der Waals surface area contributed by atoms with Gasteiger partial charge in [0.15, 0.2) is 0 Å². The molecule has 0 aliphatic carbocycles. The van der Waals surface area contributed by atoms with Gasteiger partial charge in [0.1, 0.15) is 11.5 Å². The van der Waals surface area contributed by atoms with Gasteiger partial charge < -0.3 is 4.74 Å². The van der Waals surface area contributed by atoms with Crippen LogP contribution >= 0.6 is 0 Å². The molecular weight excluding hydrogens is 727 g/mol. The van der Waals surface area contributed by atoms with E-state index in [1.54, 1.807) is 0 Å². The number of ether oxygens (including phenoxy) is 1. The van der Waals surface area contributed by atoms with Crippen LogP contribution < -0.4 is 27.2 Å². The molecule has 0 aliphatic heterocycles. The Balaban J connectivity index is 1.08. The normalized spacial score (nSPS) is 11.3. The molecule has 0 heterocycles. The SMILES string of the molecule is c1ccc(Oc2ccc(N(c3ccc(-c4cc[c]([Ge]([c]5ccccc5)([c]5ccccc5)[c]5ccccc5)cc4)cc3)c3ccc4ccccc4c3)cc2)cc1. The number of fused-ring (bicyclic) bond motifs is 1. The Kier molecular flexibility index (Phi) is 9.56. The van der Waals surface area contributed by atoms with Crippen molar-refractivity contribution in [3.8, 4) is 22.6 Å². The topological polar surface area (TPSA) is 12.5 Å². The molecule has 0 atom stereocenters. The second-order valence-electron chi connectivity index (χ2n) is 13.7. The van der Waals surface area contributed by atoms with Gasteiger partial charge in [-0.2, -0.15) is 0 Å². The van der Waals surface area contributed by atoms with Gasteiger partial charge in [-0.15, -0.1) is 0 Å². The fourth-order valence-corrected chi connectivity index (χ4v) is 17.8. The van der Waals surface area contributed by atoms with E-state index < -0.39 is 13.3 Å². The summed E-state index contributed by atoms with van der Waals surface area (Å²) < 4.78 is 11.8. The molecular formula is C52H39GeNO. The maximum atomic E-state index is 6.14. The van der Waals surface area contributed by atoms with Gasteiger partial charge in [-0.1, -0.05) is 42.5 Å². The first-order valence-corrected chi connectivity index (χ1v) is 22.9. The van der Waals surface area contributed by atoms with Crippen molar-refractivity contribution in [1.29, 1.82) is 0 Å². The zero-order valence-electron chi connectivity index (χ0n) is 30.4. The number of rotatable bonds is 10. The van der Waals surface area contributed by atoms with Crippen LogP contribution in [0.5, 0.6) is 11.5 Å². The summed E-state index contributed by atoms with van der Waals surface area (Å²) in [5.41, 5.74) is 5.61. The molecule has 55 heavy (non-hydrogen) atoms. The third-order valence-electron chi connectivity index (χ3n) is 10.5. The number of benzene rings is 9. The first-order chi connectivity index (χ1) is 27.3. The predicted molar refractivity (Wildman–Crippen MR) is 234 cm³/mol. The van der Waals surface area contributed by atoms with Crippen LogP contribution in [0.1, 0.15) is 0 Å². The average molecular weight is 767 g/mol. The third kappa shape index (κ3) is 6.85. The van der Waals surface area contributed by atoms with Crippen LogP contribution in [0.4, 0.5) is 17.1 Å². The van der Waals surface area contributed by atoms with Crippen LogP contribution in [0.2, 0.25) is 0 Å². The second kappa shape index (κ2) is 15.4. The molecule has 3 heteroatoms. The zero-order chi connectivity index (χ0) is 36.9. The Bertz CT molecular complexity index is 2530. The first-order valence-electron chi connectivity index (χ1n) is 18.8. The summed E-state index contributed by atoms with van der Waals surface area (Å²) in [7, 11) is 0. The van der Waals surface area contributed by atoms with E-state index in [-0.39, 0.29) is 0 Å². The quantitative estimate of drug-likeness (QED) is 0.129. The second-order valence-corrected chi connectivity index (χ2v) is 21.7. The van der Waals surface area contributed by atoms with Crippen molar-refractivity contribution < 1.29 is 4.74 Å². The molecule has 0 aliphatic rings. The Morgan fingerprint density at radius 3 is 1.20 bits per heavy atom. The number of hydrogen-bond donors (Lipinski definition) is 0. The molecule has 9 rings (SSSR count). The molecule has 0 fully saturated rings. The fraction of sp³-hybridized carbons (Fsp3) is 0. The zero-order valence-corrected chi connectivity index (χ0v) is 32.5. The number of para-hydroxylation sites is 1. The Morgan fingerprint density at radius 2 is 0.673 bits per heavy atom. The van der Waals surface area contributed by atoms with Crippen molar-refractivity contribution in [2.45, 2.75) is 0 Å². The van der Waals surface area contributed by atoms with Crippen LogP contribution in [0.25, 0.3) is 21.9 Å². The van der Waals surface area contributed by atoms with Gasteiger partial charge in [0.25, 0.3) is 0 Å². The molecule has 0 saturated heterocycles. The van der Waals surface area contributed by atoms with Gasteiger partial charge in [-0.25, -0.2) is 0 Å². The minimum absolute atomic E-state index is 0.798. The van der Waals surface area contributed by atoms with Gasteiger partial charge in [-0.3, -0.25) is 0 Å². The monoisotopic (exact) mass is 767 g/mol. The molecule has 0 spiro atoms. The van der Waals surface area contributed by atoms with Gasteiger partial charge >= 0.3 is 251 Å². The fourth-order valence-electron chi connectivity index (χ4n) is 7.83. The summed E-state index contributed by atoms with van der Waals surface area (Å²) in [5.74, 6) is 1.62. The molecule has 0 radical (unpaired) electrons. The van der Waals surface area contributed by atoms with Gasteiger partial charge in [-0.05, 0) is 17.5 Å². The van der Waals surface area contributed by atoms with E-state index >= 15 is 0 Å². The van der Waals surface area contributed by atoms with E-state index in [1.807, 2.05) is 42.5 Å². The van der Waals surface area contributed by atoms with Crippen LogP contribution in [0.15, 0.2) is 237 Å². The molecule has 0 unspecified atom stereocenters. The number of hydrogen-bond acceptors (Lipinski definition) is 2. The van der Waals surface area contributed by atoms with Crippen molar-refractivity contribution in [2.75, 3.05) is 4.90 Å². The summed E-state index contributed by atoms with van der Waals surface area (Å²) in [4.78, 5) is 2.31.